The van der Waals surface area contributed by atoms with Crippen LogP contribution < -0.4 is 0 Å². The first-order valence-corrected chi connectivity index (χ1v) is 6.26. The average Bonchev–Trinajstić information content (AvgIpc) is 2.17. The molecule has 0 nitrogen and oxygen atoms in total. The molecule has 2 unspecified atom stereocenters. The summed E-state index contributed by atoms with van der Waals surface area (Å²) in [6.07, 6.45) is 7.89. The van der Waals surface area contributed by atoms with Crippen molar-refractivity contribution < 1.29 is 0 Å². The van der Waals surface area contributed by atoms with E-state index in [0.717, 1.165) is 18.3 Å². The van der Waals surface area contributed by atoms with E-state index in [1.165, 1.54) is 37.7 Å². The number of hydrogen-bond donors (Lipinski definition) is 0. The minimum Gasteiger partial charge on any atom is -0.0999 e. The summed E-state index contributed by atoms with van der Waals surface area (Å²) >= 11 is 0. The Balaban J connectivity index is 3.44. The zero-order valence-corrected chi connectivity index (χ0v) is 10.6. The van der Waals surface area contributed by atoms with Gasteiger partial charge in [0.1, 0.15) is 0 Å². The zero-order valence-electron chi connectivity index (χ0n) is 10.6. The molecular formula is C14H28. The summed E-state index contributed by atoms with van der Waals surface area (Å²) in [4.78, 5) is 0. The standard InChI is InChI=1S/C14H28/c1-6-12(3)9-8-10-14(5)11-13(4)7-2/h12,14H,4,6-11H2,1-3,5H3. The Hall–Kier alpha value is -0.260. The van der Waals surface area contributed by atoms with E-state index in [0.29, 0.717) is 0 Å². The van der Waals surface area contributed by atoms with E-state index in [4.69, 9.17) is 0 Å². The van der Waals surface area contributed by atoms with Crippen LogP contribution in [0.4, 0.5) is 0 Å². The van der Waals surface area contributed by atoms with Crippen molar-refractivity contribution in [2.75, 3.05) is 0 Å². The normalized spacial score (nSPS) is 15.1. The quantitative estimate of drug-likeness (QED) is 0.468. The molecule has 0 aromatic rings. The van der Waals surface area contributed by atoms with Crippen molar-refractivity contribution in [3.05, 3.63) is 12.2 Å². The minimum atomic E-state index is 0.839. The molecule has 0 bridgehead atoms. The molecule has 14 heavy (non-hydrogen) atoms. The second-order valence-electron chi connectivity index (χ2n) is 4.86. The molecule has 0 spiro atoms. The second-order valence-corrected chi connectivity index (χ2v) is 4.86. The number of allylic oxidation sites excluding steroid dienone is 1. The van der Waals surface area contributed by atoms with E-state index in [1.54, 1.807) is 0 Å². The van der Waals surface area contributed by atoms with Crippen LogP contribution in [0, 0.1) is 11.8 Å². The largest absolute Gasteiger partial charge is 0.0999 e. The predicted octanol–water partition coefficient (Wildman–Crippen LogP) is 5.20. The molecule has 0 aliphatic carbocycles. The van der Waals surface area contributed by atoms with Crippen LogP contribution in [0.25, 0.3) is 0 Å². The van der Waals surface area contributed by atoms with Crippen LogP contribution in [-0.2, 0) is 0 Å². The zero-order chi connectivity index (χ0) is 11.0. The minimum absolute atomic E-state index is 0.839. The molecule has 84 valence electrons. The lowest BCUT2D eigenvalue weighted by molar-refractivity contribution is 0.431. The molecule has 2 atom stereocenters. The lowest BCUT2D eigenvalue weighted by Crippen LogP contribution is -1.99. The summed E-state index contributed by atoms with van der Waals surface area (Å²) in [6.45, 7) is 13.3. The Morgan fingerprint density at radius 3 is 2.14 bits per heavy atom. The molecule has 0 heteroatoms. The van der Waals surface area contributed by atoms with Crippen molar-refractivity contribution in [3.8, 4) is 0 Å². The van der Waals surface area contributed by atoms with Crippen molar-refractivity contribution in [1.82, 2.24) is 0 Å². The first-order chi connectivity index (χ1) is 6.60. The number of hydrogen-bond acceptors (Lipinski definition) is 0. The summed E-state index contributed by atoms with van der Waals surface area (Å²) in [5, 5.41) is 0. The first kappa shape index (κ1) is 13.7. The molecule has 0 rings (SSSR count). The molecule has 0 aliphatic heterocycles. The predicted molar refractivity (Wildman–Crippen MR) is 66.5 cm³/mol. The molecule has 0 aromatic heterocycles. The molecule has 0 radical (unpaired) electrons. The van der Waals surface area contributed by atoms with E-state index in [1.807, 2.05) is 0 Å². The molecule has 0 heterocycles. The van der Waals surface area contributed by atoms with Gasteiger partial charge in [0.15, 0.2) is 0 Å². The van der Waals surface area contributed by atoms with E-state index in [2.05, 4.69) is 34.3 Å². The van der Waals surface area contributed by atoms with Gasteiger partial charge < -0.3 is 0 Å². The molecular weight excluding hydrogens is 168 g/mol. The van der Waals surface area contributed by atoms with Crippen molar-refractivity contribution in [1.29, 1.82) is 0 Å². The van der Waals surface area contributed by atoms with E-state index in [-0.39, 0.29) is 0 Å². The van der Waals surface area contributed by atoms with Crippen LogP contribution in [0.15, 0.2) is 12.2 Å². The van der Waals surface area contributed by atoms with Gasteiger partial charge >= 0.3 is 0 Å². The monoisotopic (exact) mass is 196 g/mol. The van der Waals surface area contributed by atoms with Crippen LogP contribution in [0.5, 0.6) is 0 Å². The molecule has 0 saturated heterocycles. The van der Waals surface area contributed by atoms with E-state index in [9.17, 15) is 0 Å². The fourth-order valence-electron chi connectivity index (χ4n) is 1.76. The van der Waals surface area contributed by atoms with Gasteiger partial charge in [-0.05, 0) is 24.7 Å². The first-order valence-electron chi connectivity index (χ1n) is 6.26. The van der Waals surface area contributed by atoms with Gasteiger partial charge in [0, 0.05) is 0 Å². The summed E-state index contributed by atoms with van der Waals surface area (Å²) in [7, 11) is 0. The second kappa shape index (κ2) is 8.08. The lowest BCUT2D eigenvalue weighted by Gasteiger charge is -2.13. The third kappa shape index (κ3) is 7.17. The van der Waals surface area contributed by atoms with Gasteiger partial charge in [0.05, 0.1) is 0 Å². The SMILES string of the molecule is C=C(CC)CC(C)CCCC(C)CC. The fourth-order valence-corrected chi connectivity index (χ4v) is 1.76. The van der Waals surface area contributed by atoms with Crippen LogP contribution >= 0.6 is 0 Å². The van der Waals surface area contributed by atoms with Gasteiger partial charge in [0.2, 0.25) is 0 Å². The van der Waals surface area contributed by atoms with Gasteiger partial charge in [-0.15, -0.1) is 0 Å². The maximum absolute atomic E-state index is 4.07. The summed E-state index contributed by atoms with van der Waals surface area (Å²) in [6, 6.07) is 0. The summed E-state index contributed by atoms with van der Waals surface area (Å²) in [5.74, 6) is 1.75. The van der Waals surface area contributed by atoms with Crippen LogP contribution in [0.1, 0.15) is 66.2 Å². The Kier molecular flexibility index (Phi) is 7.93. The molecule has 0 aromatic carbocycles. The Morgan fingerprint density at radius 2 is 1.64 bits per heavy atom. The van der Waals surface area contributed by atoms with Crippen LogP contribution in [0.3, 0.4) is 0 Å². The fraction of sp³-hybridized carbons (Fsp3) is 0.857. The lowest BCUT2D eigenvalue weighted by atomic mass is 9.93. The van der Waals surface area contributed by atoms with Gasteiger partial charge in [-0.2, -0.15) is 0 Å². The van der Waals surface area contributed by atoms with Crippen LogP contribution in [-0.4, -0.2) is 0 Å². The maximum atomic E-state index is 4.07. The van der Waals surface area contributed by atoms with Crippen molar-refractivity contribution in [3.63, 3.8) is 0 Å². The Morgan fingerprint density at radius 1 is 1.07 bits per heavy atom. The maximum Gasteiger partial charge on any atom is -0.0297 e. The molecule has 0 saturated carbocycles. The Labute approximate surface area is 90.8 Å². The van der Waals surface area contributed by atoms with Crippen molar-refractivity contribution in [2.24, 2.45) is 11.8 Å². The molecule has 0 aliphatic rings. The topological polar surface area (TPSA) is 0 Å². The highest BCUT2D eigenvalue weighted by Crippen LogP contribution is 2.20. The number of rotatable bonds is 8. The van der Waals surface area contributed by atoms with E-state index < -0.39 is 0 Å². The van der Waals surface area contributed by atoms with Gasteiger partial charge in [0.25, 0.3) is 0 Å². The van der Waals surface area contributed by atoms with Gasteiger partial charge in [-0.1, -0.05) is 65.5 Å². The smallest absolute Gasteiger partial charge is 0.0297 e. The van der Waals surface area contributed by atoms with Crippen LogP contribution in [0.2, 0.25) is 0 Å². The highest BCUT2D eigenvalue weighted by atomic mass is 14.1. The Bertz CT molecular complexity index is 146. The average molecular weight is 196 g/mol. The van der Waals surface area contributed by atoms with E-state index >= 15 is 0 Å². The van der Waals surface area contributed by atoms with Crippen molar-refractivity contribution >= 4 is 0 Å². The van der Waals surface area contributed by atoms with Gasteiger partial charge in [-0.25, -0.2) is 0 Å². The highest BCUT2D eigenvalue weighted by Gasteiger charge is 2.05. The molecule has 0 N–H and O–H groups in total. The summed E-state index contributed by atoms with van der Waals surface area (Å²) in [5.41, 5.74) is 1.42. The van der Waals surface area contributed by atoms with Crippen molar-refractivity contribution in [2.45, 2.75) is 66.2 Å². The highest BCUT2D eigenvalue weighted by molar-refractivity contribution is 4.93. The summed E-state index contributed by atoms with van der Waals surface area (Å²) < 4.78 is 0. The third-order valence-electron chi connectivity index (χ3n) is 3.23. The molecule has 0 fully saturated rings. The third-order valence-corrected chi connectivity index (χ3v) is 3.23. The molecule has 0 amide bonds. The van der Waals surface area contributed by atoms with Gasteiger partial charge in [-0.3, -0.25) is 0 Å².